The van der Waals surface area contributed by atoms with Crippen LogP contribution in [0.15, 0.2) is 47.6 Å². The molecule has 1 saturated heterocycles. The minimum Gasteiger partial charge on any atom is -0.490 e. The fourth-order valence-corrected chi connectivity index (χ4v) is 3.53. The molecule has 3 rings (SSSR count). The molecule has 0 spiro atoms. The SMILES string of the molecule is CCOc1ccc(C(=O)O/N=C(/N)c2ccc(CN3CCCCC3)cc2)cc1OCC. The summed E-state index contributed by atoms with van der Waals surface area (Å²) < 4.78 is 11.1. The summed E-state index contributed by atoms with van der Waals surface area (Å²) >= 11 is 0. The van der Waals surface area contributed by atoms with Crippen molar-refractivity contribution in [2.75, 3.05) is 26.3 Å². The highest BCUT2D eigenvalue weighted by Crippen LogP contribution is 2.28. The van der Waals surface area contributed by atoms with E-state index >= 15 is 0 Å². The Morgan fingerprint density at radius 1 is 0.935 bits per heavy atom. The van der Waals surface area contributed by atoms with Crippen LogP contribution in [0, 0.1) is 0 Å². The predicted octanol–water partition coefficient (Wildman–Crippen LogP) is 3.95. The van der Waals surface area contributed by atoms with Crippen LogP contribution in [0.2, 0.25) is 0 Å². The van der Waals surface area contributed by atoms with E-state index in [1.807, 2.05) is 38.1 Å². The number of oxime groups is 1. The number of carbonyl (C=O) groups excluding carboxylic acids is 1. The number of amidine groups is 1. The van der Waals surface area contributed by atoms with Gasteiger partial charge in [-0.05, 0) is 63.5 Å². The summed E-state index contributed by atoms with van der Waals surface area (Å²) in [6.07, 6.45) is 3.86. The van der Waals surface area contributed by atoms with Gasteiger partial charge in [-0.15, -0.1) is 0 Å². The van der Waals surface area contributed by atoms with E-state index in [9.17, 15) is 4.79 Å². The molecule has 166 valence electrons. The molecule has 7 heteroatoms. The lowest BCUT2D eigenvalue weighted by molar-refractivity contribution is 0.0515. The van der Waals surface area contributed by atoms with Crippen LogP contribution >= 0.6 is 0 Å². The number of hydrogen-bond donors (Lipinski definition) is 1. The normalized spacial score (nSPS) is 14.8. The number of hydrogen-bond acceptors (Lipinski definition) is 6. The molecule has 1 heterocycles. The number of rotatable bonds is 9. The van der Waals surface area contributed by atoms with E-state index in [2.05, 4.69) is 10.1 Å². The first-order valence-corrected chi connectivity index (χ1v) is 10.9. The van der Waals surface area contributed by atoms with Gasteiger partial charge in [0, 0.05) is 12.1 Å². The molecule has 31 heavy (non-hydrogen) atoms. The average molecular weight is 426 g/mol. The molecule has 2 aromatic rings. The maximum Gasteiger partial charge on any atom is 0.365 e. The number of nitrogens with zero attached hydrogens (tertiary/aromatic N) is 2. The third kappa shape index (κ3) is 6.46. The van der Waals surface area contributed by atoms with Gasteiger partial charge in [-0.25, -0.2) is 4.79 Å². The molecule has 2 N–H and O–H groups in total. The first-order chi connectivity index (χ1) is 15.1. The molecule has 0 amide bonds. The van der Waals surface area contributed by atoms with Crippen molar-refractivity contribution < 1.29 is 19.1 Å². The van der Waals surface area contributed by atoms with Crippen LogP contribution in [0.5, 0.6) is 11.5 Å². The Balaban J connectivity index is 1.61. The molecule has 1 fully saturated rings. The van der Waals surface area contributed by atoms with Crippen molar-refractivity contribution >= 4 is 11.8 Å². The van der Waals surface area contributed by atoms with Crippen molar-refractivity contribution in [2.45, 2.75) is 39.7 Å². The van der Waals surface area contributed by atoms with Crippen molar-refractivity contribution in [2.24, 2.45) is 10.9 Å². The fraction of sp³-hybridized carbons (Fsp3) is 0.417. The summed E-state index contributed by atoms with van der Waals surface area (Å²) in [7, 11) is 0. The minimum atomic E-state index is -0.617. The van der Waals surface area contributed by atoms with Gasteiger partial charge in [-0.3, -0.25) is 4.90 Å². The van der Waals surface area contributed by atoms with E-state index in [4.69, 9.17) is 20.0 Å². The number of ether oxygens (including phenoxy) is 2. The Labute approximate surface area is 183 Å². The molecule has 0 radical (unpaired) electrons. The summed E-state index contributed by atoms with van der Waals surface area (Å²) in [4.78, 5) is 19.9. The second-order valence-corrected chi connectivity index (χ2v) is 7.42. The van der Waals surface area contributed by atoms with Crippen LogP contribution < -0.4 is 15.2 Å². The molecular formula is C24H31N3O4. The van der Waals surface area contributed by atoms with Crippen molar-refractivity contribution in [3.05, 3.63) is 59.2 Å². The van der Waals surface area contributed by atoms with Gasteiger partial charge in [-0.1, -0.05) is 35.8 Å². The molecule has 2 aromatic carbocycles. The summed E-state index contributed by atoms with van der Waals surface area (Å²) in [6.45, 7) is 7.94. The van der Waals surface area contributed by atoms with Crippen molar-refractivity contribution in [1.29, 1.82) is 0 Å². The van der Waals surface area contributed by atoms with Crippen LogP contribution in [-0.4, -0.2) is 43.0 Å². The topological polar surface area (TPSA) is 86.4 Å². The molecule has 7 nitrogen and oxygen atoms in total. The summed E-state index contributed by atoms with van der Waals surface area (Å²) in [6, 6.07) is 12.7. The van der Waals surface area contributed by atoms with E-state index in [1.165, 1.54) is 24.8 Å². The second kappa shape index (κ2) is 11.4. The molecule has 1 aliphatic rings. The Bertz CT molecular complexity index is 890. The standard InChI is InChI=1S/C24H31N3O4/c1-3-29-21-13-12-20(16-22(21)30-4-2)24(28)31-26-23(25)19-10-8-18(9-11-19)17-27-14-6-5-7-15-27/h8-13,16H,3-7,14-15,17H2,1-2H3,(H2,25,26). The van der Waals surface area contributed by atoms with Crippen molar-refractivity contribution in [3.63, 3.8) is 0 Å². The van der Waals surface area contributed by atoms with Crippen molar-refractivity contribution in [1.82, 2.24) is 4.90 Å². The van der Waals surface area contributed by atoms with E-state index in [1.54, 1.807) is 18.2 Å². The highest BCUT2D eigenvalue weighted by Gasteiger charge is 2.14. The zero-order chi connectivity index (χ0) is 22.1. The Morgan fingerprint density at radius 2 is 1.58 bits per heavy atom. The van der Waals surface area contributed by atoms with Gasteiger partial charge in [0.05, 0.1) is 18.8 Å². The fourth-order valence-electron chi connectivity index (χ4n) is 3.53. The Morgan fingerprint density at radius 3 is 2.26 bits per heavy atom. The monoisotopic (exact) mass is 425 g/mol. The molecule has 0 saturated carbocycles. The number of likely N-dealkylation sites (tertiary alicyclic amines) is 1. The first kappa shape index (κ1) is 22.6. The number of nitrogens with two attached hydrogens (primary N) is 1. The van der Waals surface area contributed by atoms with E-state index in [0.717, 1.165) is 19.6 Å². The van der Waals surface area contributed by atoms with Gasteiger partial charge in [0.15, 0.2) is 17.3 Å². The lowest BCUT2D eigenvalue weighted by Crippen LogP contribution is -2.29. The Kier molecular flexibility index (Phi) is 8.29. The van der Waals surface area contributed by atoms with Gasteiger partial charge in [0.25, 0.3) is 0 Å². The number of piperidine rings is 1. The van der Waals surface area contributed by atoms with E-state index < -0.39 is 5.97 Å². The maximum atomic E-state index is 12.4. The summed E-state index contributed by atoms with van der Waals surface area (Å²) in [5, 5.41) is 3.81. The lowest BCUT2D eigenvalue weighted by atomic mass is 10.1. The second-order valence-electron chi connectivity index (χ2n) is 7.42. The van der Waals surface area contributed by atoms with E-state index in [-0.39, 0.29) is 5.84 Å². The quantitative estimate of drug-likeness (QED) is 0.283. The third-order valence-electron chi connectivity index (χ3n) is 5.11. The minimum absolute atomic E-state index is 0.147. The third-order valence-corrected chi connectivity index (χ3v) is 5.11. The Hall–Kier alpha value is -3.06. The predicted molar refractivity (Wildman–Crippen MR) is 120 cm³/mol. The maximum absolute atomic E-state index is 12.4. The van der Waals surface area contributed by atoms with Gasteiger partial charge in [0.2, 0.25) is 0 Å². The van der Waals surface area contributed by atoms with Crippen LogP contribution in [-0.2, 0) is 11.4 Å². The molecule has 0 aromatic heterocycles. The summed E-state index contributed by atoms with van der Waals surface area (Å²) in [5.74, 6) is 0.594. The smallest absolute Gasteiger partial charge is 0.365 e. The van der Waals surface area contributed by atoms with Gasteiger partial charge in [0.1, 0.15) is 0 Å². The number of benzene rings is 2. The zero-order valence-electron chi connectivity index (χ0n) is 18.3. The number of carbonyl (C=O) groups is 1. The molecule has 0 atom stereocenters. The largest absolute Gasteiger partial charge is 0.490 e. The molecule has 0 unspecified atom stereocenters. The van der Waals surface area contributed by atoms with Gasteiger partial charge < -0.3 is 20.0 Å². The average Bonchev–Trinajstić information content (AvgIpc) is 2.80. The van der Waals surface area contributed by atoms with Crippen LogP contribution in [0.1, 0.15) is 54.6 Å². The lowest BCUT2D eigenvalue weighted by Gasteiger charge is -2.26. The van der Waals surface area contributed by atoms with Gasteiger partial charge in [-0.2, -0.15) is 0 Å². The molecule has 0 bridgehead atoms. The molecular weight excluding hydrogens is 394 g/mol. The zero-order valence-corrected chi connectivity index (χ0v) is 18.3. The van der Waals surface area contributed by atoms with Crippen LogP contribution in [0.25, 0.3) is 0 Å². The first-order valence-electron chi connectivity index (χ1n) is 10.9. The highest BCUT2D eigenvalue weighted by atomic mass is 16.7. The van der Waals surface area contributed by atoms with Crippen molar-refractivity contribution in [3.8, 4) is 11.5 Å². The van der Waals surface area contributed by atoms with Crippen LogP contribution in [0.3, 0.4) is 0 Å². The summed E-state index contributed by atoms with van der Waals surface area (Å²) in [5.41, 5.74) is 8.26. The molecule has 1 aliphatic heterocycles. The van der Waals surface area contributed by atoms with Gasteiger partial charge >= 0.3 is 5.97 Å². The highest BCUT2D eigenvalue weighted by molar-refractivity contribution is 5.98. The van der Waals surface area contributed by atoms with Crippen LogP contribution in [0.4, 0.5) is 0 Å². The van der Waals surface area contributed by atoms with E-state index in [0.29, 0.717) is 35.8 Å². The molecule has 0 aliphatic carbocycles.